The second-order valence-corrected chi connectivity index (χ2v) is 11.0. The van der Waals surface area contributed by atoms with Gasteiger partial charge in [-0.2, -0.15) is 0 Å². The molecule has 0 spiro atoms. The zero-order valence-corrected chi connectivity index (χ0v) is 21.6. The lowest BCUT2D eigenvalue weighted by molar-refractivity contribution is -0.139. The number of carbonyl (C=O) groups is 3. The van der Waals surface area contributed by atoms with Crippen LogP contribution in [0.1, 0.15) is 48.3 Å². The maximum atomic E-state index is 13.5. The zero-order valence-electron chi connectivity index (χ0n) is 20.8. The van der Waals surface area contributed by atoms with Crippen molar-refractivity contribution in [1.82, 2.24) is 0 Å². The zero-order chi connectivity index (χ0) is 26.7. The van der Waals surface area contributed by atoms with Crippen LogP contribution in [0, 0.1) is 5.82 Å². The van der Waals surface area contributed by atoms with Crippen LogP contribution in [0.5, 0.6) is 5.75 Å². The summed E-state index contributed by atoms with van der Waals surface area (Å²) < 4.78 is 18.7. The lowest BCUT2D eigenvalue weighted by Gasteiger charge is -2.47. The lowest BCUT2D eigenvalue weighted by atomic mass is 9.86. The highest BCUT2D eigenvalue weighted by atomic mass is 32.2. The highest BCUT2D eigenvalue weighted by Gasteiger charge is 2.49. The Labute approximate surface area is 219 Å². The summed E-state index contributed by atoms with van der Waals surface area (Å²) >= 11 is 1.28. The number of ketones is 1. The molecule has 0 bridgehead atoms. The highest BCUT2D eigenvalue weighted by molar-refractivity contribution is 8.01. The molecule has 0 aliphatic carbocycles. The molecule has 6 nitrogen and oxygen atoms in total. The summed E-state index contributed by atoms with van der Waals surface area (Å²) in [5, 5.41) is 8.31. The average Bonchev–Trinajstić information content (AvgIpc) is 2.87. The van der Waals surface area contributed by atoms with E-state index in [4.69, 9.17) is 9.84 Å². The normalized spacial score (nSPS) is 17.3. The van der Waals surface area contributed by atoms with E-state index in [2.05, 4.69) is 20.8 Å². The van der Waals surface area contributed by atoms with Gasteiger partial charge in [0.1, 0.15) is 16.8 Å². The molecule has 37 heavy (non-hydrogen) atoms. The molecule has 1 heterocycles. The Morgan fingerprint density at radius 1 is 0.973 bits per heavy atom. The molecule has 1 aliphatic rings. The number of carboxylic acid groups (broad SMARTS) is 1. The molecule has 192 valence electrons. The van der Waals surface area contributed by atoms with Gasteiger partial charge < -0.3 is 14.7 Å². The smallest absolute Gasteiger partial charge is 0.341 e. The fourth-order valence-electron chi connectivity index (χ4n) is 4.15. The molecule has 8 heteroatoms. The number of Topliss-reactive ketones (excluding diaryl/α,β-unsaturated/α-hetero) is 1. The maximum absolute atomic E-state index is 13.5. The van der Waals surface area contributed by atoms with Gasteiger partial charge in [-0.1, -0.05) is 57.2 Å². The largest absolute Gasteiger partial charge is 0.482 e. The van der Waals surface area contributed by atoms with E-state index in [-0.39, 0.29) is 28.9 Å². The van der Waals surface area contributed by atoms with Gasteiger partial charge in [0.25, 0.3) is 0 Å². The standard InChI is InChI=1S/C29H28FNO5S/c1-29(2,3)20-8-4-18(5-9-20)24(32)17-37-27-26(19-6-14-23(15-7-19)36-16-25(33)34)31(28(27)35)22-12-10-21(30)11-13-22/h4-15,26-27H,16-17H2,1-3H3,(H,33,34). The second-order valence-electron chi connectivity index (χ2n) is 9.86. The Morgan fingerprint density at radius 3 is 2.16 bits per heavy atom. The number of carboxylic acids is 1. The van der Waals surface area contributed by atoms with Gasteiger partial charge in [0.15, 0.2) is 12.4 Å². The van der Waals surface area contributed by atoms with Crippen LogP contribution in [0.15, 0.2) is 72.8 Å². The number of thioether (sulfide) groups is 1. The highest BCUT2D eigenvalue weighted by Crippen LogP contribution is 2.45. The van der Waals surface area contributed by atoms with Gasteiger partial charge in [0.2, 0.25) is 5.91 Å². The third kappa shape index (κ3) is 6.02. The molecule has 2 unspecified atom stereocenters. The van der Waals surface area contributed by atoms with Crippen molar-refractivity contribution in [2.45, 2.75) is 37.5 Å². The van der Waals surface area contributed by atoms with Crippen molar-refractivity contribution in [2.24, 2.45) is 0 Å². The predicted molar refractivity (Wildman–Crippen MR) is 142 cm³/mol. The molecule has 4 rings (SSSR count). The maximum Gasteiger partial charge on any atom is 0.341 e. The van der Waals surface area contributed by atoms with E-state index in [0.717, 1.165) is 11.1 Å². The number of hydrogen-bond donors (Lipinski definition) is 1. The molecule has 0 aromatic heterocycles. The summed E-state index contributed by atoms with van der Waals surface area (Å²) in [6.07, 6.45) is 0. The van der Waals surface area contributed by atoms with Gasteiger partial charge >= 0.3 is 5.97 Å². The molecule has 2 atom stereocenters. The van der Waals surface area contributed by atoms with E-state index in [9.17, 15) is 18.8 Å². The van der Waals surface area contributed by atoms with Crippen molar-refractivity contribution in [3.8, 4) is 5.75 Å². The van der Waals surface area contributed by atoms with Crippen LogP contribution in [0.4, 0.5) is 10.1 Å². The summed E-state index contributed by atoms with van der Waals surface area (Å²) in [6, 6.07) is 19.7. The van der Waals surface area contributed by atoms with Gasteiger partial charge in [0, 0.05) is 11.3 Å². The van der Waals surface area contributed by atoms with Crippen molar-refractivity contribution < 1.29 is 28.6 Å². The molecular weight excluding hydrogens is 493 g/mol. The Hall–Kier alpha value is -3.65. The number of rotatable bonds is 9. The molecule has 3 aromatic carbocycles. The molecule has 1 saturated heterocycles. The van der Waals surface area contributed by atoms with Crippen LogP contribution in [-0.2, 0) is 15.0 Å². The first kappa shape index (κ1) is 26.4. The first-order chi connectivity index (χ1) is 17.5. The summed E-state index contributed by atoms with van der Waals surface area (Å²) in [5.74, 6) is -1.17. The predicted octanol–water partition coefficient (Wildman–Crippen LogP) is 5.66. The van der Waals surface area contributed by atoms with E-state index < -0.39 is 23.6 Å². The summed E-state index contributed by atoms with van der Waals surface area (Å²) in [5.41, 5.74) is 3.07. The molecule has 0 radical (unpaired) electrons. The van der Waals surface area contributed by atoms with Crippen molar-refractivity contribution in [3.63, 3.8) is 0 Å². The minimum absolute atomic E-state index is 0.0140. The van der Waals surface area contributed by atoms with Gasteiger partial charge in [-0.15, -0.1) is 11.8 Å². The van der Waals surface area contributed by atoms with Gasteiger partial charge in [-0.3, -0.25) is 9.59 Å². The Kier molecular flexibility index (Phi) is 7.68. The molecule has 1 N–H and O–H groups in total. The summed E-state index contributed by atoms with van der Waals surface area (Å²) in [7, 11) is 0. The van der Waals surface area contributed by atoms with Crippen LogP contribution >= 0.6 is 11.8 Å². The van der Waals surface area contributed by atoms with Crippen molar-refractivity contribution >= 4 is 35.1 Å². The number of hydrogen-bond acceptors (Lipinski definition) is 5. The van der Waals surface area contributed by atoms with Crippen LogP contribution in [0.25, 0.3) is 0 Å². The number of anilines is 1. The monoisotopic (exact) mass is 521 g/mol. The topological polar surface area (TPSA) is 83.9 Å². The van der Waals surface area contributed by atoms with Crippen LogP contribution < -0.4 is 9.64 Å². The number of β-lactam (4-membered cyclic amide) rings is 1. The van der Waals surface area contributed by atoms with Crippen molar-refractivity contribution in [1.29, 1.82) is 0 Å². The van der Waals surface area contributed by atoms with E-state index >= 15 is 0 Å². The third-order valence-electron chi connectivity index (χ3n) is 6.20. The first-order valence-corrected chi connectivity index (χ1v) is 12.9. The second kappa shape index (κ2) is 10.8. The number of carbonyl (C=O) groups excluding carboxylic acids is 2. The molecule has 3 aromatic rings. The van der Waals surface area contributed by atoms with Gasteiger partial charge in [0.05, 0.1) is 11.8 Å². The number of aliphatic carboxylic acids is 1. The number of ether oxygens (including phenoxy) is 1. The number of nitrogens with zero attached hydrogens (tertiary/aromatic N) is 1. The number of amides is 1. The van der Waals surface area contributed by atoms with E-state index in [1.807, 2.05) is 24.3 Å². The van der Waals surface area contributed by atoms with Crippen molar-refractivity contribution in [3.05, 3.63) is 95.3 Å². The first-order valence-electron chi connectivity index (χ1n) is 11.8. The Bertz CT molecular complexity index is 1280. The molecule has 0 saturated carbocycles. The lowest BCUT2D eigenvalue weighted by Crippen LogP contribution is -2.57. The molecular formula is C29H28FNO5S. The summed E-state index contributed by atoms with van der Waals surface area (Å²) in [4.78, 5) is 38.5. The van der Waals surface area contributed by atoms with Crippen LogP contribution in [0.3, 0.4) is 0 Å². The Morgan fingerprint density at radius 2 is 1.59 bits per heavy atom. The van der Waals surface area contributed by atoms with Crippen molar-refractivity contribution in [2.75, 3.05) is 17.3 Å². The minimum Gasteiger partial charge on any atom is -0.482 e. The van der Waals surface area contributed by atoms with Crippen LogP contribution in [0.2, 0.25) is 0 Å². The molecule has 1 aliphatic heterocycles. The number of halogens is 1. The van der Waals surface area contributed by atoms with Gasteiger partial charge in [-0.05, 0) is 52.9 Å². The summed E-state index contributed by atoms with van der Waals surface area (Å²) in [6.45, 7) is 5.87. The fourth-order valence-corrected chi connectivity index (χ4v) is 5.36. The molecule has 1 fully saturated rings. The van der Waals surface area contributed by atoms with Crippen LogP contribution in [-0.4, -0.2) is 40.4 Å². The fraction of sp³-hybridized carbons (Fsp3) is 0.276. The van der Waals surface area contributed by atoms with E-state index in [1.165, 1.54) is 23.9 Å². The minimum atomic E-state index is -1.08. The third-order valence-corrected chi connectivity index (χ3v) is 7.45. The average molecular weight is 522 g/mol. The van der Waals surface area contributed by atoms with E-state index in [1.54, 1.807) is 41.3 Å². The number of benzene rings is 3. The SMILES string of the molecule is CC(C)(C)c1ccc(C(=O)CSC2C(=O)N(c3ccc(F)cc3)C2c2ccc(OCC(=O)O)cc2)cc1. The van der Waals surface area contributed by atoms with Gasteiger partial charge in [-0.25, -0.2) is 9.18 Å². The molecule has 1 amide bonds. The quantitative estimate of drug-likeness (QED) is 0.289. The Balaban J connectivity index is 1.52. The van der Waals surface area contributed by atoms with E-state index in [0.29, 0.717) is 17.0 Å².